The lowest BCUT2D eigenvalue weighted by Crippen LogP contribution is -2.15. The Morgan fingerprint density at radius 2 is 1.71 bits per heavy atom. The number of aromatic hydroxyl groups is 1. The quantitative estimate of drug-likeness (QED) is 0.592. The minimum atomic E-state index is -0.176. The van der Waals surface area contributed by atoms with Crippen molar-refractivity contribution in [2.75, 3.05) is 0 Å². The number of aromatic nitrogens is 2. The molecule has 5 heteroatoms. The minimum absolute atomic E-state index is 0.0413. The number of benzene rings is 2. The van der Waals surface area contributed by atoms with Crippen molar-refractivity contribution in [3.8, 4) is 39.9 Å². The first kappa shape index (κ1) is 17.3. The van der Waals surface area contributed by atoms with Crippen LogP contribution in [0.3, 0.4) is 0 Å². The van der Waals surface area contributed by atoms with Crippen LogP contribution in [0, 0.1) is 11.3 Å². The van der Waals surface area contributed by atoms with E-state index in [4.69, 9.17) is 0 Å². The maximum Gasteiger partial charge on any atom is 0.255 e. The Bertz CT molecular complexity index is 1270. The molecule has 28 heavy (non-hydrogen) atoms. The Hall–Kier alpha value is -4.17. The third-order valence-electron chi connectivity index (χ3n) is 4.44. The molecule has 5 nitrogen and oxygen atoms in total. The van der Waals surface area contributed by atoms with Crippen molar-refractivity contribution in [3.63, 3.8) is 0 Å². The fraction of sp³-hybridized carbons (Fsp3) is 0. The van der Waals surface area contributed by atoms with Crippen molar-refractivity contribution in [2.24, 2.45) is 0 Å². The molecule has 2 aromatic heterocycles. The summed E-state index contributed by atoms with van der Waals surface area (Å²) < 4.78 is 1.52. The lowest BCUT2D eigenvalue weighted by Gasteiger charge is -2.13. The second-order valence-corrected chi connectivity index (χ2v) is 6.21. The van der Waals surface area contributed by atoms with Crippen molar-refractivity contribution in [3.05, 3.63) is 101 Å². The highest BCUT2D eigenvalue weighted by molar-refractivity contribution is 5.79. The summed E-state index contributed by atoms with van der Waals surface area (Å²) >= 11 is 0. The third kappa shape index (κ3) is 3.15. The summed E-state index contributed by atoms with van der Waals surface area (Å²) in [7, 11) is 0. The summed E-state index contributed by atoms with van der Waals surface area (Å²) in [5, 5.41) is 19.7. The average molecular weight is 365 g/mol. The zero-order chi connectivity index (χ0) is 19.5. The molecule has 0 saturated carbocycles. The maximum absolute atomic E-state index is 12.4. The first-order valence-electron chi connectivity index (χ1n) is 8.64. The summed E-state index contributed by atoms with van der Waals surface area (Å²) in [5.74, 6) is 0.0413. The van der Waals surface area contributed by atoms with Crippen LogP contribution in [-0.4, -0.2) is 14.7 Å². The van der Waals surface area contributed by atoms with Gasteiger partial charge in [0, 0.05) is 29.7 Å². The second kappa shape index (κ2) is 7.22. The number of nitrogens with zero attached hydrogens (tertiary/aromatic N) is 3. The lowest BCUT2D eigenvalue weighted by atomic mass is 9.96. The van der Waals surface area contributed by atoms with Gasteiger partial charge in [0.15, 0.2) is 0 Å². The van der Waals surface area contributed by atoms with Crippen LogP contribution in [0.25, 0.3) is 28.1 Å². The largest absolute Gasteiger partial charge is 0.506 e. The molecule has 0 amide bonds. The van der Waals surface area contributed by atoms with E-state index in [1.807, 2.05) is 24.3 Å². The van der Waals surface area contributed by atoms with Crippen LogP contribution < -0.4 is 5.56 Å². The van der Waals surface area contributed by atoms with Gasteiger partial charge < -0.3 is 5.11 Å². The Labute approximate surface area is 161 Å². The van der Waals surface area contributed by atoms with Crippen molar-refractivity contribution in [1.82, 2.24) is 9.55 Å². The lowest BCUT2D eigenvalue weighted by molar-refractivity contribution is 0.475. The van der Waals surface area contributed by atoms with Crippen molar-refractivity contribution in [2.45, 2.75) is 0 Å². The molecule has 0 atom stereocenters. The topological polar surface area (TPSA) is 78.9 Å². The molecule has 1 N–H and O–H groups in total. The molecule has 4 aromatic rings. The average Bonchev–Trinajstić information content (AvgIpc) is 2.74. The standard InChI is InChI=1S/C23H15N3O2/c24-15-16-6-1-2-7-20(16)17-12-18(23-21(27)8-5-10-25-23)14-19(13-17)26-11-4-3-9-22(26)28/h1-14,27H. The second-order valence-electron chi connectivity index (χ2n) is 6.21. The highest BCUT2D eigenvalue weighted by Crippen LogP contribution is 2.33. The Morgan fingerprint density at radius 1 is 0.929 bits per heavy atom. The van der Waals surface area contributed by atoms with Gasteiger partial charge in [-0.05, 0) is 53.6 Å². The summed E-state index contributed by atoms with van der Waals surface area (Å²) in [6, 6.07) is 23.1. The number of hydrogen-bond acceptors (Lipinski definition) is 4. The fourth-order valence-corrected chi connectivity index (χ4v) is 3.13. The van der Waals surface area contributed by atoms with Crippen LogP contribution in [0.1, 0.15) is 5.56 Å². The molecule has 4 rings (SSSR count). The molecule has 134 valence electrons. The molecule has 0 unspecified atom stereocenters. The summed E-state index contributed by atoms with van der Waals surface area (Å²) in [5.41, 5.74) is 3.52. The molecule has 0 radical (unpaired) electrons. The van der Waals surface area contributed by atoms with Gasteiger partial charge in [-0.1, -0.05) is 24.3 Å². The van der Waals surface area contributed by atoms with Crippen LogP contribution in [0.2, 0.25) is 0 Å². The van der Waals surface area contributed by atoms with E-state index in [1.165, 1.54) is 10.6 Å². The van der Waals surface area contributed by atoms with Gasteiger partial charge in [-0.15, -0.1) is 0 Å². The van der Waals surface area contributed by atoms with E-state index < -0.39 is 0 Å². The number of pyridine rings is 2. The van der Waals surface area contributed by atoms with Crippen molar-refractivity contribution < 1.29 is 5.11 Å². The van der Waals surface area contributed by atoms with Crippen molar-refractivity contribution in [1.29, 1.82) is 5.26 Å². The zero-order valence-electron chi connectivity index (χ0n) is 14.8. The molecule has 0 saturated heterocycles. The van der Waals surface area contributed by atoms with Gasteiger partial charge in [0.2, 0.25) is 0 Å². The molecule has 0 aliphatic carbocycles. The molecule has 2 heterocycles. The van der Waals surface area contributed by atoms with Crippen LogP contribution in [-0.2, 0) is 0 Å². The monoisotopic (exact) mass is 365 g/mol. The molecule has 0 aliphatic heterocycles. The normalized spacial score (nSPS) is 10.4. The van der Waals surface area contributed by atoms with Gasteiger partial charge in [-0.25, -0.2) is 0 Å². The molecular formula is C23H15N3O2. The zero-order valence-corrected chi connectivity index (χ0v) is 14.8. The smallest absolute Gasteiger partial charge is 0.255 e. The first-order chi connectivity index (χ1) is 13.7. The van der Waals surface area contributed by atoms with Crippen LogP contribution in [0.5, 0.6) is 5.75 Å². The van der Waals surface area contributed by atoms with Gasteiger partial charge >= 0.3 is 0 Å². The van der Waals surface area contributed by atoms with Gasteiger partial charge in [0.05, 0.1) is 11.6 Å². The number of rotatable bonds is 3. The Balaban J connectivity index is 2.02. The Morgan fingerprint density at radius 3 is 2.50 bits per heavy atom. The first-order valence-corrected chi connectivity index (χ1v) is 8.64. The van der Waals surface area contributed by atoms with Gasteiger partial charge in [-0.3, -0.25) is 14.3 Å². The summed E-state index contributed by atoms with van der Waals surface area (Å²) in [6.45, 7) is 0. The maximum atomic E-state index is 12.4. The van der Waals surface area contributed by atoms with Gasteiger partial charge in [-0.2, -0.15) is 5.26 Å². The molecule has 2 aromatic carbocycles. The fourth-order valence-electron chi connectivity index (χ4n) is 3.13. The molecular weight excluding hydrogens is 350 g/mol. The number of nitriles is 1. The molecule has 0 bridgehead atoms. The summed E-state index contributed by atoms with van der Waals surface area (Å²) in [4.78, 5) is 16.6. The van der Waals surface area contributed by atoms with Crippen LogP contribution >= 0.6 is 0 Å². The van der Waals surface area contributed by atoms with Crippen LogP contribution in [0.15, 0.2) is 90.0 Å². The van der Waals surface area contributed by atoms with E-state index in [1.54, 1.807) is 54.9 Å². The van der Waals surface area contributed by atoms with Crippen molar-refractivity contribution >= 4 is 0 Å². The Kier molecular flexibility index (Phi) is 4.45. The van der Waals surface area contributed by atoms with Gasteiger partial charge in [0.25, 0.3) is 5.56 Å². The third-order valence-corrected chi connectivity index (χ3v) is 4.44. The molecule has 0 fully saturated rings. The summed E-state index contributed by atoms with van der Waals surface area (Å²) in [6.07, 6.45) is 3.28. The minimum Gasteiger partial charge on any atom is -0.506 e. The molecule has 0 spiro atoms. The van der Waals surface area contributed by atoms with E-state index in [9.17, 15) is 15.2 Å². The van der Waals surface area contributed by atoms with Crippen LogP contribution in [0.4, 0.5) is 0 Å². The molecule has 0 aliphatic rings. The SMILES string of the molecule is N#Cc1ccccc1-c1cc(-c2ncccc2O)cc(-n2ccccc2=O)c1. The van der Waals surface area contributed by atoms with E-state index in [0.717, 1.165) is 11.1 Å². The van der Waals surface area contributed by atoms with E-state index in [2.05, 4.69) is 11.1 Å². The van der Waals surface area contributed by atoms with E-state index >= 15 is 0 Å². The highest BCUT2D eigenvalue weighted by Gasteiger charge is 2.13. The van der Waals surface area contributed by atoms with Gasteiger partial charge in [0.1, 0.15) is 11.4 Å². The highest BCUT2D eigenvalue weighted by atomic mass is 16.3. The predicted octanol–water partition coefficient (Wildman–Crippen LogP) is 4.14. The van der Waals surface area contributed by atoms with E-state index in [0.29, 0.717) is 22.5 Å². The van der Waals surface area contributed by atoms with E-state index in [-0.39, 0.29) is 11.3 Å². The number of hydrogen-bond donors (Lipinski definition) is 1. The predicted molar refractivity (Wildman–Crippen MR) is 107 cm³/mol.